The monoisotopic (exact) mass is 221 g/mol. The summed E-state index contributed by atoms with van der Waals surface area (Å²) >= 11 is 0. The molecule has 84 valence electrons. The summed E-state index contributed by atoms with van der Waals surface area (Å²) in [7, 11) is 0. The lowest BCUT2D eigenvalue weighted by Crippen LogP contribution is -2.27. The zero-order valence-corrected chi connectivity index (χ0v) is 7.62. The van der Waals surface area contributed by atoms with E-state index in [9.17, 15) is 18.3 Å². The molecule has 1 rings (SSSR count). The minimum Gasteiger partial charge on any atom is -0.389 e. The molecule has 0 heterocycles. The van der Waals surface area contributed by atoms with Crippen LogP contribution in [-0.4, -0.2) is 22.9 Å². The molecule has 0 aromatic heterocycles. The smallest absolute Gasteiger partial charge is 0.194 e. The Morgan fingerprint density at radius 2 is 1.60 bits per heavy atom. The van der Waals surface area contributed by atoms with Crippen molar-refractivity contribution in [2.45, 2.75) is 12.2 Å². The maximum absolute atomic E-state index is 12.7. The summed E-state index contributed by atoms with van der Waals surface area (Å²) in [5.41, 5.74) is 4.78. The second-order valence-corrected chi connectivity index (χ2v) is 3.05. The van der Waals surface area contributed by atoms with E-state index in [-0.39, 0.29) is 12.1 Å². The molecule has 0 bridgehead atoms. The normalized spacial score (nSPS) is 15.1. The first kappa shape index (κ1) is 12.0. The third kappa shape index (κ3) is 2.47. The van der Waals surface area contributed by atoms with E-state index in [2.05, 4.69) is 0 Å². The van der Waals surface area contributed by atoms with Gasteiger partial charge in [0.05, 0.1) is 6.10 Å². The van der Waals surface area contributed by atoms with Gasteiger partial charge in [0.15, 0.2) is 17.5 Å². The second-order valence-electron chi connectivity index (χ2n) is 3.05. The summed E-state index contributed by atoms with van der Waals surface area (Å²) in [4.78, 5) is 0. The molecule has 0 aliphatic rings. The molecular weight excluding hydrogens is 211 g/mol. The van der Waals surface area contributed by atoms with E-state index in [1.54, 1.807) is 0 Å². The van der Waals surface area contributed by atoms with E-state index in [1.165, 1.54) is 0 Å². The highest BCUT2D eigenvalue weighted by Crippen LogP contribution is 2.21. The van der Waals surface area contributed by atoms with Gasteiger partial charge in [0, 0.05) is 6.54 Å². The van der Waals surface area contributed by atoms with E-state index < -0.39 is 29.7 Å². The van der Waals surface area contributed by atoms with Crippen molar-refractivity contribution < 1.29 is 23.4 Å². The summed E-state index contributed by atoms with van der Waals surface area (Å²) in [6, 6.07) is 1.23. The van der Waals surface area contributed by atoms with Gasteiger partial charge in [0.2, 0.25) is 0 Å². The molecule has 3 nitrogen and oxygen atoms in total. The van der Waals surface area contributed by atoms with Crippen LogP contribution >= 0.6 is 0 Å². The van der Waals surface area contributed by atoms with Gasteiger partial charge >= 0.3 is 0 Å². The Kier molecular flexibility index (Phi) is 3.67. The predicted octanol–water partition coefficient (Wildman–Crippen LogP) is 0.457. The molecule has 0 saturated carbocycles. The van der Waals surface area contributed by atoms with Gasteiger partial charge in [0.25, 0.3) is 0 Å². The summed E-state index contributed by atoms with van der Waals surface area (Å²) in [5, 5.41) is 18.5. The SMILES string of the molecule is NCC(O)C(O)c1cc(F)c(F)c(F)c1. The van der Waals surface area contributed by atoms with Crippen LogP contribution in [0.25, 0.3) is 0 Å². The first-order valence-electron chi connectivity index (χ1n) is 4.18. The number of rotatable bonds is 3. The molecule has 0 radical (unpaired) electrons. The Labute approximate surface area is 84.0 Å². The standard InChI is InChI=1S/C9H10F3NO2/c10-5-1-4(2-6(11)8(5)12)9(15)7(14)3-13/h1-2,7,9,14-15H,3,13H2. The van der Waals surface area contributed by atoms with Crippen LogP contribution in [0.15, 0.2) is 12.1 Å². The van der Waals surface area contributed by atoms with Crippen LogP contribution < -0.4 is 5.73 Å². The van der Waals surface area contributed by atoms with Crippen molar-refractivity contribution >= 4 is 0 Å². The van der Waals surface area contributed by atoms with Crippen molar-refractivity contribution in [2.75, 3.05) is 6.54 Å². The fourth-order valence-corrected chi connectivity index (χ4v) is 1.10. The topological polar surface area (TPSA) is 66.5 Å². The Balaban J connectivity index is 3.06. The van der Waals surface area contributed by atoms with Crippen LogP contribution in [0.3, 0.4) is 0 Å². The zero-order chi connectivity index (χ0) is 11.6. The Morgan fingerprint density at radius 1 is 1.13 bits per heavy atom. The van der Waals surface area contributed by atoms with Crippen molar-refractivity contribution in [3.8, 4) is 0 Å². The fraction of sp³-hybridized carbons (Fsp3) is 0.333. The van der Waals surface area contributed by atoms with Crippen LogP contribution in [0.2, 0.25) is 0 Å². The molecule has 4 N–H and O–H groups in total. The van der Waals surface area contributed by atoms with E-state index in [0.29, 0.717) is 12.1 Å². The second kappa shape index (κ2) is 4.61. The zero-order valence-electron chi connectivity index (χ0n) is 7.62. The molecule has 0 amide bonds. The maximum atomic E-state index is 12.7. The summed E-state index contributed by atoms with van der Waals surface area (Å²) < 4.78 is 38.0. The predicted molar refractivity (Wildman–Crippen MR) is 46.3 cm³/mol. The molecule has 0 aliphatic carbocycles. The summed E-state index contributed by atoms with van der Waals surface area (Å²) in [6.07, 6.45) is -2.89. The van der Waals surface area contributed by atoms with Crippen molar-refractivity contribution in [2.24, 2.45) is 5.73 Å². The first-order valence-corrected chi connectivity index (χ1v) is 4.18. The minimum absolute atomic E-state index is 0.260. The number of benzene rings is 1. The number of hydrogen-bond acceptors (Lipinski definition) is 3. The highest BCUT2D eigenvalue weighted by Gasteiger charge is 2.20. The Hall–Kier alpha value is -1.11. The van der Waals surface area contributed by atoms with Gasteiger partial charge in [0.1, 0.15) is 6.10 Å². The third-order valence-electron chi connectivity index (χ3n) is 1.95. The van der Waals surface area contributed by atoms with Gasteiger partial charge in [-0.05, 0) is 17.7 Å². The Bertz CT molecular complexity index is 336. The third-order valence-corrected chi connectivity index (χ3v) is 1.95. The van der Waals surface area contributed by atoms with Gasteiger partial charge in [-0.1, -0.05) is 0 Å². The van der Waals surface area contributed by atoms with E-state index >= 15 is 0 Å². The van der Waals surface area contributed by atoms with Crippen LogP contribution in [0.5, 0.6) is 0 Å². The van der Waals surface area contributed by atoms with Crippen LogP contribution in [0, 0.1) is 17.5 Å². The molecule has 15 heavy (non-hydrogen) atoms. The lowest BCUT2D eigenvalue weighted by molar-refractivity contribution is 0.0239. The van der Waals surface area contributed by atoms with Gasteiger partial charge in [-0.15, -0.1) is 0 Å². The van der Waals surface area contributed by atoms with Crippen molar-refractivity contribution in [3.05, 3.63) is 35.1 Å². The fourth-order valence-electron chi connectivity index (χ4n) is 1.10. The molecule has 2 unspecified atom stereocenters. The highest BCUT2D eigenvalue weighted by atomic mass is 19.2. The Morgan fingerprint density at radius 3 is 2.00 bits per heavy atom. The number of hydrogen-bond donors (Lipinski definition) is 3. The highest BCUT2D eigenvalue weighted by molar-refractivity contribution is 5.22. The molecule has 6 heteroatoms. The summed E-state index contributed by atoms with van der Waals surface area (Å²) in [5.74, 6) is -4.46. The molecule has 1 aromatic rings. The van der Waals surface area contributed by atoms with Crippen molar-refractivity contribution in [1.29, 1.82) is 0 Å². The lowest BCUT2D eigenvalue weighted by atomic mass is 10.0. The summed E-state index contributed by atoms with van der Waals surface area (Å²) in [6.45, 7) is -0.276. The lowest BCUT2D eigenvalue weighted by Gasteiger charge is -2.16. The van der Waals surface area contributed by atoms with Crippen LogP contribution in [0.1, 0.15) is 11.7 Å². The van der Waals surface area contributed by atoms with E-state index in [1.807, 2.05) is 0 Å². The minimum atomic E-state index is -1.62. The van der Waals surface area contributed by atoms with E-state index in [0.717, 1.165) is 0 Å². The average molecular weight is 221 g/mol. The molecule has 0 spiro atoms. The number of nitrogens with two attached hydrogens (primary N) is 1. The molecule has 1 aromatic carbocycles. The number of aliphatic hydroxyl groups excluding tert-OH is 2. The van der Waals surface area contributed by atoms with Crippen LogP contribution in [0.4, 0.5) is 13.2 Å². The van der Waals surface area contributed by atoms with Gasteiger partial charge in [-0.25, -0.2) is 13.2 Å². The quantitative estimate of drug-likeness (QED) is 0.649. The largest absolute Gasteiger partial charge is 0.389 e. The number of aliphatic hydroxyl groups is 2. The van der Waals surface area contributed by atoms with E-state index in [4.69, 9.17) is 10.8 Å². The molecule has 0 aliphatic heterocycles. The molecule has 0 fully saturated rings. The maximum Gasteiger partial charge on any atom is 0.194 e. The van der Waals surface area contributed by atoms with Gasteiger partial charge in [-0.3, -0.25) is 0 Å². The molecule has 0 saturated heterocycles. The molecular formula is C9H10F3NO2. The first-order chi connectivity index (χ1) is 6.97. The van der Waals surface area contributed by atoms with Crippen molar-refractivity contribution in [3.63, 3.8) is 0 Å². The molecule has 2 atom stereocenters. The van der Waals surface area contributed by atoms with Crippen LogP contribution in [-0.2, 0) is 0 Å². The van der Waals surface area contributed by atoms with Gasteiger partial charge < -0.3 is 15.9 Å². The average Bonchev–Trinajstić information content (AvgIpc) is 2.23. The van der Waals surface area contributed by atoms with Crippen molar-refractivity contribution in [1.82, 2.24) is 0 Å². The van der Waals surface area contributed by atoms with Gasteiger partial charge in [-0.2, -0.15) is 0 Å². The number of halogens is 3.